The van der Waals surface area contributed by atoms with Gasteiger partial charge in [-0.2, -0.15) is 0 Å². The minimum absolute atomic E-state index is 0.282. The first-order valence-electron chi connectivity index (χ1n) is 4.10. The molecule has 5 heteroatoms. The maximum Gasteiger partial charge on any atom is 0.124 e. The number of rotatable bonds is 1. The number of aromatic nitrogens is 2. The minimum Gasteiger partial charge on any atom is -0.252 e. The Balaban J connectivity index is 2.49. The Kier molecular flexibility index (Phi) is 3.11. The van der Waals surface area contributed by atoms with Crippen molar-refractivity contribution in [3.63, 3.8) is 0 Å². The molecule has 76 valence electrons. The molecule has 2 rings (SSSR count). The summed E-state index contributed by atoms with van der Waals surface area (Å²) in [6.45, 7) is 0. The molecule has 0 amide bonds. The molecule has 1 heterocycles. The molecule has 0 bridgehead atoms. The van der Waals surface area contributed by atoms with Crippen molar-refractivity contribution >= 4 is 31.9 Å². The monoisotopic (exact) mass is 330 g/mol. The number of hydrogen-bond acceptors (Lipinski definition) is 2. The Labute approximate surface area is 103 Å². The Bertz CT molecular complexity index is 485. The molecule has 0 saturated heterocycles. The quantitative estimate of drug-likeness (QED) is 0.794. The van der Waals surface area contributed by atoms with Gasteiger partial charge in [-0.25, -0.2) is 9.37 Å². The van der Waals surface area contributed by atoms with Crippen LogP contribution >= 0.6 is 31.9 Å². The van der Waals surface area contributed by atoms with Gasteiger partial charge < -0.3 is 0 Å². The third-order valence-corrected chi connectivity index (χ3v) is 2.89. The van der Waals surface area contributed by atoms with Gasteiger partial charge in [-0.3, -0.25) is 4.98 Å². The minimum atomic E-state index is -0.282. The second kappa shape index (κ2) is 4.37. The van der Waals surface area contributed by atoms with E-state index in [1.807, 2.05) is 0 Å². The van der Waals surface area contributed by atoms with Gasteiger partial charge >= 0.3 is 0 Å². The molecule has 1 aromatic heterocycles. The summed E-state index contributed by atoms with van der Waals surface area (Å²) in [5.41, 5.74) is 1.52. The van der Waals surface area contributed by atoms with E-state index in [2.05, 4.69) is 41.8 Å². The summed E-state index contributed by atoms with van der Waals surface area (Å²) in [6.07, 6.45) is 3.23. The SMILES string of the molecule is Fc1ccc(-c2cnc(Br)cn2)c(Br)c1. The van der Waals surface area contributed by atoms with Crippen molar-refractivity contribution in [2.24, 2.45) is 0 Å². The van der Waals surface area contributed by atoms with Crippen LogP contribution in [-0.2, 0) is 0 Å². The zero-order chi connectivity index (χ0) is 10.8. The summed E-state index contributed by atoms with van der Waals surface area (Å²) in [5, 5.41) is 0. The van der Waals surface area contributed by atoms with Gasteiger partial charge in [-0.05, 0) is 50.1 Å². The van der Waals surface area contributed by atoms with Gasteiger partial charge in [0.25, 0.3) is 0 Å². The summed E-state index contributed by atoms with van der Waals surface area (Å²) in [7, 11) is 0. The maximum atomic E-state index is 12.9. The molecule has 2 nitrogen and oxygen atoms in total. The lowest BCUT2D eigenvalue weighted by Gasteiger charge is -2.03. The van der Waals surface area contributed by atoms with E-state index in [-0.39, 0.29) is 5.82 Å². The fourth-order valence-electron chi connectivity index (χ4n) is 1.15. The van der Waals surface area contributed by atoms with E-state index in [0.29, 0.717) is 14.8 Å². The average molecular weight is 332 g/mol. The van der Waals surface area contributed by atoms with Crippen LogP contribution in [0.1, 0.15) is 0 Å². The van der Waals surface area contributed by atoms with E-state index in [4.69, 9.17) is 0 Å². The molecule has 0 N–H and O–H groups in total. The van der Waals surface area contributed by atoms with Gasteiger partial charge in [-0.1, -0.05) is 0 Å². The van der Waals surface area contributed by atoms with E-state index in [1.54, 1.807) is 18.5 Å². The van der Waals surface area contributed by atoms with Gasteiger partial charge in [0.05, 0.1) is 18.1 Å². The highest BCUT2D eigenvalue weighted by Crippen LogP contribution is 2.27. The van der Waals surface area contributed by atoms with Crippen molar-refractivity contribution in [3.8, 4) is 11.3 Å². The predicted octanol–water partition coefficient (Wildman–Crippen LogP) is 3.81. The van der Waals surface area contributed by atoms with Crippen LogP contribution in [0.5, 0.6) is 0 Å². The van der Waals surface area contributed by atoms with Crippen molar-refractivity contribution < 1.29 is 4.39 Å². The molecule has 15 heavy (non-hydrogen) atoms. The van der Waals surface area contributed by atoms with E-state index in [9.17, 15) is 4.39 Å². The van der Waals surface area contributed by atoms with Crippen molar-refractivity contribution in [2.45, 2.75) is 0 Å². The molecule has 0 aliphatic heterocycles. The summed E-state index contributed by atoms with van der Waals surface area (Å²) in [4.78, 5) is 8.24. The summed E-state index contributed by atoms with van der Waals surface area (Å²) < 4.78 is 14.2. The van der Waals surface area contributed by atoms with Crippen LogP contribution in [0, 0.1) is 5.82 Å². The van der Waals surface area contributed by atoms with Crippen LogP contribution in [0.25, 0.3) is 11.3 Å². The highest BCUT2D eigenvalue weighted by atomic mass is 79.9. The molecule has 2 aromatic rings. The fourth-order valence-corrected chi connectivity index (χ4v) is 1.91. The van der Waals surface area contributed by atoms with Crippen LogP contribution in [0.3, 0.4) is 0 Å². The molecular weight excluding hydrogens is 327 g/mol. The Morgan fingerprint density at radius 2 is 1.87 bits per heavy atom. The first kappa shape index (κ1) is 10.7. The van der Waals surface area contributed by atoms with E-state index >= 15 is 0 Å². The number of nitrogens with zero attached hydrogens (tertiary/aromatic N) is 2. The standard InChI is InChI=1S/C10H5Br2FN2/c11-8-3-6(13)1-2-7(8)9-4-15-10(12)5-14-9/h1-5H. The zero-order valence-electron chi connectivity index (χ0n) is 7.42. The molecule has 1 aromatic carbocycles. The molecular formula is C10H5Br2FN2. The lowest BCUT2D eigenvalue weighted by molar-refractivity contribution is 0.627. The van der Waals surface area contributed by atoms with Crippen molar-refractivity contribution in [1.29, 1.82) is 0 Å². The van der Waals surface area contributed by atoms with Gasteiger partial charge in [0.15, 0.2) is 0 Å². The lowest BCUT2D eigenvalue weighted by atomic mass is 10.1. The molecule has 0 aliphatic carbocycles. The van der Waals surface area contributed by atoms with Crippen molar-refractivity contribution in [2.75, 3.05) is 0 Å². The molecule has 0 radical (unpaired) electrons. The van der Waals surface area contributed by atoms with E-state index in [1.165, 1.54) is 12.1 Å². The number of hydrogen-bond donors (Lipinski definition) is 0. The molecule has 0 unspecified atom stereocenters. The third-order valence-electron chi connectivity index (χ3n) is 1.83. The summed E-state index contributed by atoms with van der Waals surface area (Å²) in [6, 6.07) is 4.46. The molecule has 0 saturated carbocycles. The molecule has 0 spiro atoms. The van der Waals surface area contributed by atoms with Crippen LogP contribution in [0.15, 0.2) is 39.7 Å². The number of benzene rings is 1. The highest BCUT2D eigenvalue weighted by Gasteiger charge is 2.05. The summed E-state index contributed by atoms with van der Waals surface area (Å²) >= 11 is 6.49. The average Bonchev–Trinajstić information content (AvgIpc) is 2.20. The molecule has 0 fully saturated rings. The van der Waals surface area contributed by atoms with Crippen molar-refractivity contribution in [1.82, 2.24) is 9.97 Å². The zero-order valence-corrected chi connectivity index (χ0v) is 10.6. The summed E-state index contributed by atoms with van der Waals surface area (Å²) in [5.74, 6) is -0.282. The Morgan fingerprint density at radius 1 is 1.07 bits per heavy atom. The number of halogens is 3. The second-order valence-corrected chi connectivity index (χ2v) is 4.52. The topological polar surface area (TPSA) is 25.8 Å². The Hall–Kier alpha value is -0.810. The Morgan fingerprint density at radius 3 is 2.47 bits per heavy atom. The van der Waals surface area contributed by atoms with E-state index in [0.717, 1.165) is 5.56 Å². The first-order valence-corrected chi connectivity index (χ1v) is 5.68. The third kappa shape index (κ3) is 2.41. The smallest absolute Gasteiger partial charge is 0.124 e. The van der Waals surface area contributed by atoms with Gasteiger partial charge in [-0.15, -0.1) is 0 Å². The van der Waals surface area contributed by atoms with E-state index < -0.39 is 0 Å². The lowest BCUT2D eigenvalue weighted by Crippen LogP contribution is -1.87. The maximum absolute atomic E-state index is 12.9. The van der Waals surface area contributed by atoms with Gasteiger partial charge in [0.2, 0.25) is 0 Å². The van der Waals surface area contributed by atoms with Crippen LogP contribution in [-0.4, -0.2) is 9.97 Å². The van der Waals surface area contributed by atoms with Gasteiger partial charge in [0, 0.05) is 10.0 Å². The van der Waals surface area contributed by atoms with Crippen molar-refractivity contribution in [3.05, 3.63) is 45.5 Å². The highest BCUT2D eigenvalue weighted by molar-refractivity contribution is 9.10. The van der Waals surface area contributed by atoms with Crippen LogP contribution in [0.2, 0.25) is 0 Å². The predicted molar refractivity (Wildman–Crippen MR) is 62.8 cm³/mol. The molecule has 0 atom stereocenters. The fraction of sp³-hybridized carbons (Fsp3) is 0. The van der Waals surface area contributed by atoms with Crippen LogP contribution < -0.4 is 0 Å². The second-order valence-electron chi connectivity index (χ2n) is 2.85. The molecule has 0 aliphatic rings. The van der Waals surface area contributed by atoms with Crippen LogP contribution in [0.4, 0.5) is 4.39 Å². The van der Waals surface area contributed by atoms with Gasteiger partial charge in [0.1, 0.15) is 10.4 Å². The normalized spacial score (nSPS) is 10.3. The first-order chi connectivity index (χ1) is 7.16. The largest absolute Gasteiger partial charge is 0.252 e.